The van der Waals surface area contributed by atoms with Crippen LogP contribution in [0.3, 0.4) is 0 Å². The van der Waals surface area contributed by atoms with Crippen molar-refractivity contribution in [3.63, 3.8) is 0 Å². The minimum absolute atomic E-state index is 0.0346. The lowest BCUT2D eigenvalue weighted by atomic mass is 10.0. The summed E-state index contributed by atoms with van der Waals surface area (Å²) in [4.78, 5) is 4.62. The van der Waals surface area contributed by atoms with Crippen LogP contribution >= 0.6 is 0 Å². The average molecular weight is 322 g/mol. The number of hydrogen-bond donors (Lipinski definition) is 2. The zero-order valence-corrected chi connectivity index (χ0v) is 14.0. The molecule has 0 aliphatic rings. The van der Waals surface area contributed by atoms with E-state index in [0.29, 0.717) is 6.42 Å². The number of anilines is 1. The van der Waals surface area contributed by atoms with Crippen molar-refractivity contribution in [1.82, 2.24) is 4.98 Å². The quantitative estimate of drug-likeness (QED) is 0.718. The second-order valence-corrected chi connectivity index (χ2v) is 5.79. The van der Waals surface area contributed by atoms with E-state index in [2.05, 4.69) is 22.4 Å². The van der Waals surface area contributed by atoms with Gasteiger partial charge in [-0.3, -0.25) is 0 Å². The number of rotatable bonds is 6. The molecule has 0 aliphatic carbocycles. The molecule has 0 radical (unpaired) electrons. The summed E-state index contributed by atoms with van der Waals surface area (Å²) in [6.07, 6.45) is 0.636. The van der Waals surface area contributed by atoms with Gasteiger partial charge in [0.2, 0.25) is 0 Å². The number of para-hydroxylation sites is 1. The van der Waals surface area contributed by atoms with Crippen LogP contribution in [0.25, 0.3) is 10.9 Å². The molecule has 0 unspecified atom stereocenters. The number of hydrogen-bond acceptors (Lipinski definition) is 4. The number of benzene rings is 2. The molecule has 24 heavy (non-hydrogen) atoms. The first-order chi connectivity index (χ1) is 11.7. The van der Waals surface area contributed by atoms with E-state index in [1.807, 2.05) is 49.4 Å². The predicted molar refractivity (Wildman–Crippen MR) is 97.5 cm³/mol. The van der Waals surface area contributed by atoms with Crippen molar-refractivity contribution in [2.75, 3.05) is 19.0 Å². The molecule has 4 heteroatoms. The number of aromatic nitrogens is 1. The Balaban J connectivity index is 2.05. The highest BCUT2D eigenvalue weighted by atomic mass is 16.5. The van der Waals surface area contributed by atoms with Crippen LogP contribution in [0.2, 0.25) is 0 Å². The summed E-state index contributed by atoms with van der Waals surface area (Å²) in [5, 5.41) is 14.0. The van der Waals surface area contributed by atoms with Gasteiger partial charge in [-0.1, -0.05) is 42.5 Å². The molecule has 1 heterocycles. The molecule has 2 N–H and O–H groups in total. The fraction of sp³-hybridized carbons (Fsp3) is 0.250. The van der Waals surface area contributed by atoms with Gasteiger partial charge in [-0.15, -0.1) is 0 Å². The van der Waals surface area contributed by atoms with Crippen molar-refractivity contribution in [3.05, 3.63) is 65.9 Å². The van der Waals surface area contributed by atoms with Gasteiger partial charge >= 0.3 is 0 Å². The molecule has 2 aromatic carbocycles. The number of methoxy groups -OCH3 is 1. The Bertz CT molecular complexity index is 818. The molecular weight excluding hydrogens is 300 g/mol. The molecule has 3 rings (SSSR count). The van der Waals surface area contributed by atoms with Gasteiger partial charge in [0, 0.05) is 23.4 Å². The summed E-state index contributed by atoms with van der Waals surface area (Å²) in [5.74, 6) is 0.762. The third-order valence-corrected chi connectivity index (χ3v) is 4.10. The molecule has 0 fully saturated rings. The number of aryl methyl sites for hydroxylation is 1. The van der Waals surface area contributed by atoms with Gasteiger partial charge in [-0.05, 0) is 31.0 Å². The topological polar surface area (TPSA) is 54.4 Å². The van der Waals surface area contributed by atoms with Crippen LogP contribution in [0.4, 0.5) is 5.69 Å². The summed E-state index contributed by atoms with van der Waals surface area (Å²) in [6, 6.07) is 18.2. The maximum atomic E-state index is 9.45. The number of pyridine rings is 1. The zero-order valence-electron chi connectivity index (χ0n) is 14.0. The molecular formula is C20H22N2O2. The van der Waals surface area contributed by atoms with Crippen molar-refractivity contribution < 1.29 is 9.84 Å². The van der Waals surface area contributed by atoms with Gasteiger partial charge in [0.25, 0.3) is 0 Å². The molecule has 0 saturated carbocycles. The third kappa shape index (κ3) is 3.34. The van der Waals surface area contributed by atoms with Gasteiger partial charge < -0.3 is 15.2 Å². The Hall–Kier alpha value is -2.59. The van der Waals surface area contributed by atoms with E-state index in [9.17, 15) is 5.11 Å². The first-order valence-corrected chi connectivity index (χ1v) is 8.09. The van der Waals surface area contributed by atoms with Crippen LogP contribution < -0.4 is 10.1 Å². The molecule has 0 bridgehead atoms. The van der Waals surface area contributed by atoms with E-state index >= 15 is 0 Å². The van der Waals surface area contributed by atoms with Crippen LogP contribution in [0, 0.1) is 6.92 Å². The Morgan fingerprint density at radius 2 is 1.92 bits per heavy atom. The standard InChI is InChI=1S/C20H22N2O2/c1-14-13-18(16-9-6-10-19(24-2)20(16)21-14)22-17(11-12-23)15-7-4-3-5-8-15/h3-10,13,17,23H,11-12H2,1-2H3,(H,21,22)/t17-/m1/s1. The number of aliphatic hydroxyl groups excluding tert-OH is 1. The Kier molecular flexibility index (Phi) is 4.96. The molecule has 0 amide bonds. The van der Waals surface area contributed by atoms with Crippen LogP contribution in [0.1, 0.15) is 23.7 Å². The van der Waals surface area contributed by atoms with E-state index < -0.39 is 0 Å². The van der Waals surface area contributed by atoms with Gasteiger partial charge in [0.1, 0.15) is 11.3 Å². The Morgan fingerprint density at radius 1 is 1.12 bits per heavy atom. The largest absolute Gasteiger partial charge is 0.494 e. The van der Waals surface area contributed by atoms with Crippen LogP contribution in [0.5, 0.6) is 5.75 Å². The highest BCUT2D eigenvalue weighted by molar-refractivity contribution is 5.95. The normalized spacial score (nSPS) is 12.1. The van der Waals surface area contributed by atoms with Gasteiger partial charge in [0.15, 0.2) is 0 Å². The summed E-state index contributed by atoms with van der Waals surface area (Å²) < 4.78 is 5.44. The summed E-state index contributed by atoms with van der Waals surface area (Å²) in [5.41, 5.74) is 3.92. The average Bonchev–Trinajstić information content (AvgIpc) is 2.61. The van der Waals surface area contributed by atoms with Crippen LogP contribution in [0.15, 0.2) is 54.6 Å². The fourth-order valence-corrected chi connectivity index (χ4v) is 2.96. The van der Waals surface area contributed by atoms with E-state index in [1.165, 1.54) is 0 Å². The van der Waals surface area contributed by atoms with Crippen molar-refractivity contribution in [1.29, 1.82) is 0 Å². The Morgan fingerprint density at radius 3 is 2.62 bits per heavy atom. The lowest BCUT2D eigenvalue weighted by molar-refractivity contribution is 0.280. The maximum absolute atomic E-state index is 9.45. The third-order valence-electron chi connectivity index (χ3n) is 4.10. The molecule has 0 saturated heterocycles. The molecule has 124 valence electrons. The summed E-state index contributed by atoms with van der Waals surface area (Å²) >= 11 is 0. The van der Waals surface area contributed by atoms with Crippen molar-refractivity contribution in [2.45, 2.75) is 19.4 Å². The molecule has 3 aromatic rings. The first-order valence-electron chi connectivity index (χ1n) is 8.09. The minimum Gasteiger partial charge on any atom is -0.494 e. The lowest BCUT2D eigenvalue weighted by Gasteiger charge is -2.21. The van der Waals surface area contributed by atoms with Crippen molar-refractivity contribution >= 4 is 16.6 Å². The van der Waals surface area contributed by atoms with Crippen LogP contribution in [-0.2, 0) is 0 Å². The smallest absolute Gasteiger partial charge is 0.145 e. The number of ether oxygens (including phenoxy) is 1. The zero-order chi connectivity index (χ0) is 16.9. The monoisotopic (exact) mass is 322 g/mol. The van der Waals surface area contributed by atoms with Crippen molar-refractivity contribution in [3.8, 4) is 5.75 Å². The molecule has 4 nitrogen and oxygen atoms in total. The van der Waals surface area contributed by atoms with Gasteiger partial charge in [-0.2, -0.15) is 0 Å². The second kappa shape index (κ2) is 7.32. The number of fused-ring (bicyclic) bond motifs is 1. The maximum Gasteiger partial charge on any atom is 0.145 e. The van der Waals surface area contributed by atoms with Crippen molar-refractivity contribution in [2.24, 2.45) is 0 Å². The van der Waals surface area contributed by atoms with E-state index in [0.717, 1.165) is 33.6 Å². The highest BCUT2D eigenvalue weighted by Crippen LogP contribution is 2.32. The van der Waals surface area contributed by atoms with E-state index in [1.54, 1.807) is 7.11 Å². The second-order valence-electron chi connectivity index (χ2n) is 5.79. The van der Waals surface area contributed by atoms with Crippen LogP contribution in [-0.4, -0.2) is 23.8 Å². The molecule has 0 aliphatic heterocycles. The van der Waals surface area contributed by atoms with E-state index in [-0.39, 0.29) is 12.6 Å². The summed E-state index contributed by atoms with van der Waals surface area (Å²) in [6.45, 7) is 2.10. The SMILES string of the molecule is COc1cccc2c(N[C@H](CCO)c3ccccc3)cc(C)nc12. The summed E-state index contributed by atoms with van der Waals surface area (Å²) in [7, 11) is 1.66. The number of nitrogens with zero attached hydrogens (tertiary/aromatic N) is 1. The lowest BCUT2D eigenvalue weighted by Crippen LogP contribution is -2.13. The predicted octanol–water partition coefficient (Wildman–Crippen LogP) is 4.09. The van der Waals surface area contributed by atoms with Gasteiger partial charge in [0.05, 0.1) is 13.2 Å². The van der Waals surface area contributed by atoms with Gasteiger partial charge in [-0.25, -0.2) is 4.98 Å². The fourth-order valence-electron chi connectivity index (χ4n) is 2.96. The minimum atomic E-state index is 0.0346. The molecule has 0 spiro atoms. The number of nitrogens with one attached hydrogen (secondary N) is 1. The van der Waals surface area contributed by atoms with E-state index in [4.69, 9.17) is 4.74 Å². The Labute approximate surface area is 142 Å². The first kappa shape index (κ1) is 16.3. The molecule has 1 aromatic heterocycles. The molecule has 1 atom stereocenters. The highest BCUT2D eigenvalue weighted by Gasteiger charge is 2.14. The number of aliphatic hydroxyl groups is 1.